The lowest BCUT2D eigenvalue weighted by atomic mass is 9.53. The number of allylic oxidation sites excluding steroid dienone is 1. The largest absolute Gasteiger partial charge is 0.504 e. The van der Waals surface area contributed by atoms with Crippen molar-refractivity contribution in [3.8, 4) is 11.5 Å². The summed E-state index contributed by atoms with van der Waals surface area (Å²) in [6, 6.07) is 4.29. The smallest absolute Gasteiger partial charge is 0.161 e. The normalized spacial score (nSPS) is 33.3. The van der Waals surface area contributed by atoms with Crippen LogP contribution in [-0.4, -0.2) is 42.5 Å². The topological polar surface area (TPSA) is 49.8 Å². The number of piperidine rings is 1. The van der Waals surface area contributed by atoms with Gasteiger partial charge in [0.15, 0.2) is 17.3 Å². The maximum Gasteiger partial charge on any atom is 0.161 e. The highest BCUT2D eigenvalue weighted by atomic mass is 16.5. The first kappa shape index (κ1) is 13.8. The summed E-state index contributed by atoms with van der Waals surface area (Å²) < 4.78 is 5.31. The van der Waals surface area contributed by atoms with Gasteiger partial charge in [0.1, 0.15) is 0 Å². The van der Waals surface area contributed by atoms with Gasteiger partial charge in [0, 0.05) is 29.4 Å². The summed E-state index contributed by atoms with van der Waals surface area (Å²) in [4.78, 5) is 14.6. The van der Waals surface area contributed by atoms with Gasteiger partial charge in [-0.25, -0.2) is 0 Å². The van der Waals surface area contributed by atoms with Crippen molar-refractivity contribution in [3.05, 3.63) is 35.4 Å². The van der Waals surface area contributed by atoms with Crippen LogP contribution in [0.5, 0.6) is 11.5 Å². The molecular formula is C18H21NO3. The Kier molecular flexibility index (Phi) is 2.89. The Balaban J connectivity index is 1.98. The van der Waals surface area contributed by atoms with Crippen molar-refractivity contribution in [3.63, 3.8) is 0 Å². The summed E-state index contributed by atoms with van der Waals surface area (Å²) in [5.41, 5.74) is 1.85. The molecule has 1 fully saturated rings. The maximum atomic E-state index is 12.2. The van der Waals surface area contributed by atoms with Crippen LogP contribution in [0.4, 0.5) is 0 Å². The highest BCUT2D eigenvalue weighted by molar-refractivity contribution is 5.92. The molecule has 1 saturated heterocycles. The van der Waals surface area contributed by atoms with Gasteiger partial charge in [0.05, 0.1) is 7.11 Å². The van der Waals surface area contributed by atoms with Crippen LogP contribution in [0.3, 0.4) is 0 Å². The number of rotatable bonds is 1. The number of phenols is 1. The minimum Gasteiger partial charge on any atom is -0.504 e. The monoisotopic (exact) mass is 299 g/mol. The van der Waals surface area contributed by atoms with Crippen LogP contribution in [0.1, 0.15) is 24.0 Å². The lowest BCUT2D eigenvalue weighted by Gasteiger charge is -2.56. The van der Waals surface area contributed by atoms with Crippen molar-refractivity contribution in [2.75, 3.05) is 20.7 Å². The minimum atomic E-state index is -0.269. The number of phenolic OH excluding ortho intramolecular Hbond substituents is 1. The zero-order valence-electron chi connectivity index (χ0n) is 13.0. The molecule has 0 amide bonds. The minimum absolute atomic E-state index is 0.162. The molecule has 0 spiro atoms. The number of nitrogens with zero attached hydrogens (tertiary/aromatic N) is 1. The highest BCUT2D eigenvalue weighted by Crippen LogP contribution is 2.56. The number of carbonyl (C=O) groups is 1. The summed E-state index contributed by atoms with van der Waals surface area (Å²) in [6.07, 6.45) is 6.11. The zero-order chi connectivity index (χ0) is 15.5. The molecule has 1 aromatic carbocycles. The third kappa shape index (κ3) is 1.64. The van der Waals surface area contributed by atoms with E-state index in [-0.39, 0.29) is 22.9 Å². The molecule has 3 atom stereocenters. The van der Waals surface area contributed by atoms with Crippen LogP contribution in [0.25, 0.3) is 0 Å². The molecule has 22 heavy (non-hydrogen) atoms. The number of methoxy groups -OCH3 is 1. The lowest BCUT2D eigenvalue weighted by molar-refractivity contribution is -0.118. The van der Waals surface area contributed by atoms with E-state index in [0.717, 1.165) is 30.5 Å². The van der Waals surface area contributed by atoms with Crippen molar-refractivity contribution >= 4 is 5.78 Å². The second-order valence-electron chi connectivity index (χ2n) is 6.84. The average Bonchev–Trinajstić information content (AvgIpc) is 2.50. The van der Waals surface area contributed by atoms with E-state index in [0.29, 0.717) is 18.2 Å². The van der Waals surface area contributed by atoms with Crippen molar-refractivity contribution in [2.45, 2.75) is 30.7 Å². The number of hydrogen-bond acceptors (Lipinski definition) is 4. The summed E-state index contributed by atoms with van der Waals surface area (Å²) >= 11 is 0. The number of likely N-dealkylation sites (tertiary alicyclic amines) is 1. The molecule has 4 nitrogen and oxygen atoms in total. The number of aromatic hydroxyl groups is 1. The predicted molar refractivity (Wildman–Crippen MR) is 83.3 cm³/mol. The molecule has 1 N–H and O–H groups in total. The van der Waals surface area contributed by atoms with Crippen molar-refractivity contribution in [1.82, 2.24) is 4.90 Å². The Morgan fingerprint density at radius 2 is 2.23 bits per heavy atom. The Bertz CT molecular complexity index is 681. The Labute approximate surface area is 130 Å². The summed E-state index contributed by atoms with van der Waals surface area (Å²) in [7, 11) is 3.73. The van der Waals surface area contributed by atoms with E-state index >= 15 is 0 Å². The van der Waals surface area contributed by atoms with E-state index in [1.54, 1.807) is 13.2 Å². The number of carbonyl (C=O) groups excluding carboxylic acids is 1. The number of fused-ring (bicyclic) bond motifs is 1. The van der Waals surface area contributed by atoms with Gasteiger partial charge in [0.2, 0.25) is 0 Å². The van der Waals surface area contributed by atoms with E-state index in [4.69, 9.17) is 4.74 Å². The number of ketones is 1. The Hall–Kier alpha value is -1.81. The number of benzene rings is 1. The molecule has 0 saturated carbocycles. The van der Waals surface area contributed by atoms with Crippen LogP contribution < -0.4 is 4.74 Å². The Morgan fingerprint density at radius 1 is 1.41 bits per heavy atom. The fourth-order valence-electron chi connectivity index (χ4n) is 4.84. The van der Waals surface area contributed by atoms with Crippen LogP contribution in [0.15, 0.2) is 24.3 Å². The lowest BCUT2D eigenvalue weighted by Crippen LogP contribution is -2.59. The maximum absolute atomic E-state index is 12.2. The fraction of sp³-hybridized carbons (Fsp3) is 0.500. The molecule has 1 aliphatic heterocycles. The first-order valence-electron chi connectivity index (χ1n) is 7.87. The van der Waals surface area contributed by atoms with Crippen molar-refractivity contribution in [1.29, 1.82) is 0 Å². The van der Waals surface area contributed by atoms with Crippen LogP contribution in [-0.2, 0) is 16.6 Å². The van der Waals surface area contributed by atoms with E-state index in [2.05, 4.69) is 24.1 Å². The summed E-state index contributed by atoms with van der Waals surface area (Å²) in [5, 5.41) is 10.8. The molecule has 2 bridgehead atoms. The van der Waals surface area contributed by atoms with Gasteiger partial charge >= 0.3 is 0 Å². The quantitative estimate of drug-likeness (QED) is 0.862. The van der Waals surface area contributed by atoms with Gasteiger partial charge in [-0.15, -0.1) is 0 Å². The molecular weight excluding hydrogens is 278 g/mol. The van der Waals surface area contributed by atoms with Crippen LogP contribution in [0, 0.1) is 5.92 Å². The van der Waals surface area contributed by atoms with Gasteiger partial charge < -0.3 is 14.7 Å². The SMILES string of the molecule is COc1ccc2c(c1O)[C@]13CCN(C)[C@H](C2)[C@@H]1C=CC(=O)C3. The Morgan fingerprint density at radius 3 is 3.00 bits per heavy atom. The molecule has 116 valence electrons. The average molecular weight is 299 g/mol. The first-order chi connectivity index (χ1) is 10.6. The standard InChI is InChI=1S/C18H21NO3/c1-19-8-7-18-10-12(20)4-5-13(18)14(19)9-11-3-6-15(22-2)17(21)16(11)18/h3-6,13-14,21H,7-10H2,1-2H3/t13-,14+,18-/m0/s1. The number of likely N-dealkylation sites (N-methyl/N-ethyl adjacent to an activating group) is 1. The summed E-state index contributed by atoms with van der Waals surface area (Å²) in [6.45, 7) is 0.957. The van der Waals surface area contributed by atoms with Gasteiger partial charge in [0.25, 0.3) is 0 Å². The van der Waals surface area contributed by atoms with Gasteiger partial charge in [-0.2, -0.15) is 0 Å². The first-order valence-corrected chi connectivity index (χ1v) is 7.87. The molecule has 1 aromatic rings. The third-order valence-electron chi connectivity index (χ3n) is 5.88. The molecule has 1 heterocycles. The van der Waals surface area contributed by atoms with E-state index in [1.807, 2.05) is 6.07 Å². The molecule has 3 aliphatic rings. The zero-order valence-corrected chi connectivity index (χ0v) is 13.0. The van der Waals surface area contributed by atoms with E-state index in [1.165, 1.54) is 0 Å². The van der Waals surface area contributed by atoms with Crippen molar-refractivity contribution in [2.24, 2.45) is 5.92 Å². The third-order valence-corrected chi connectivity index (χ3v) is 5.88. The van der Waals surface area contributed by atoms with Gasteiger partial charge in [-0.3, -0.25) is 4.79 Å². The van der Waals surface area contributed by atoms with Crippen LogP contribution >= 0.6 is 0 Å². The molecule has 4 rings (SSSR count). The molecule has 2 aliphatic carbocycles. The van der Waals surface area contributed by atoms with Crippen LogP contribution in [0.2, 0.25) is 0 Å². The molecule has 0 radical (unpaired) electrons. The molecule has 0 aromatic heterocycles. The number of ether oxygens (including phenoxy) is 1. The fourth-order valence-corrected chi connectivity index (χ4v) is 4.84. The van der Waals surface area contributed by atoms with E-state index in [9.17, 15) is 9.90 Å². The summed E-state index contributed by atoms with van der Waals surface area (Å²) in [5.74, 6) is 1.19. The second kappa shape index (κ2) is 4.59. The number of hydrogen-bond donors (Lipinski definition) is 1. The van der Waals surface area contributed by atoms with E-state index < -0.39 is 0 Å². The van der Waals surface area contributed by atoms with Crippen molar-refractivity contribution < 1.29 is 14.6 Å². The highest BCUT2D eigenvalue weighted by Gasteiger charge is 2.54. The van der Waals surface area contributed by atoms with Gasteiger partial charge in [-0.05, 0) is 44.1 Å². The molecule has 4 heteroatoms. The van der Waals surface area contributed by atoms with Gasteiger partial charge in [-0.1, -0.05) is 12.1 Å². The predicted octanol–water partition coefficient (Wildman–Crippen LogP) is 2.04. The second-order valence-corrected chi connectivity index (χ2v) is 6.84. The molecule has 0 unspecified atom stereocenters.